The molecular formula is C19H24N4O2S. The molecule has 1 atom stereocenters. The van der Waals surface area contributed by atoms with Crippen LogP contribution in [0.15, 0.2) is 40.0 Å². The summed E-state index contributed by atoms with van der Waals surface area (Å²) in [5.41, 5.74) is 1.32. The van der Waals surface area contributed by atoms with Crippen molar-refractivity contribution in [1.82, 2.24) is 20.0 Å². The molecule has 1 amide bonds. The summed E-state index contributed by atoms with van der Waals surface area (Å²) < 4.78 is 5.60. The molecule has 1 aliphatic carbocycles. The van der Waals surface area contributed by atoms with E-state index in [0.717, 1.165) is 44.9 Å². The lowest BCUT2D eigenvalue weighted by Crippen LogP contribution is -2.49. The van der Waals surface area contributed by atoms with Gasteiger partial charge in [-0.05, 0) is 25.3 Å². The molecule has 2 heterocycles. The number of carbonyl (C=O) groups is 1. The van der Waals surface area contributed by atoms with Gasteiger partial charge in [-0.2, -0.15) is 0 Å². The molecule has 2 fully saturated rings. The van der Waals surface area contributed by atoms with E-state index in [4.69, 9.17) is 4.42 Å². The van der Waals surface area contributed by atoms with Crippen molar-refractivity contribution in [2.24, 2.45) is 0 Å². The first-order valence-electron chi connectivity index (χ1n) is 9.23. The molecule has 4 rings (SSSR count). The minimum Gasteiger partial charge on any atom is -0.416 e. The number of thioether (sulfide) groups is 1. The molecule has 2 aliphatic rings. The molecule has 26 heavy (non-hydrogen) atoms. The first-order chi connectivity index (χ1) is 12.7. The Labute approximate surface area is 157 Å². The molecule has 138 valence electrons. The number of hydrogen-bond acceptors (Lipinski definition) is 6. The van der Waals surface area contributed by atoms with Gasteiger partial charge in [0.25, 0.3) is 5.22 Å². The van der Waals surface area contributed by atoms with Gasteiger partial charge in [0.2, 0.25) is 11.8 Å². The smallest absolute Gasteiger partial charge is 0.277 e. The van der Waals surface area contributed by atoms with Crippen LogP contribution >= 0.6 is 11.8 Å². The van der Waals surface area contributed by atoms with Crippen LogP contribution in [0, 0.1) is 0 Å². The first kappa shape index (κ1) is 17.5. The molecule has 0 N–H and O–H groups in total. The zero-order chi connectivity index (χ0) is 17.9. The summed E-state index contributed by atoms with van der Waals surface area (Å²) in [4.78, 5) is 16.8. The summed E-state index contributed by atoms with van der Waals surface area (Å²) in [6, 6.07) is 10.9. The molecule has 0 bridgehead atoms. The number of hydrogen-bond donors (Lipinski definition) is 0. The van der Waals surface area contributed by atoms with Crippen molar-refractivity contribution in [3.63, 3.8) is 0 Å². The summed E-state index contributed by atoms with van der Waals surface area (Å²) >= 11 is 1.35. The van der Waals surface area contributed by atoms with Crippen LogP contribution in [0.4, 0.5) is 0 Å². The second-order valence-corrected chi connectivity index (χ2v) is 7.90. The van der Waals surface area contributed by atoms with Gasteiger partial charge >= 0.3 is 0 Å². The number of amides is 1. The van der Waals surface area contributed by atoms with E-state index in [9.17, 15) is 4.79 Å². The van der Waals surface area contributed by atoms with Crippen LogP contribution in [0.5, 0.6) is 0 Å². The number of carbonyl (C=O) groups excluding carboxylic acids is 1. The fourth-order valence-electron chi connectivity index (χ4n) is 3.29. The second kappa shape index (κ2) is 7.80. The van der Waals surface area contributed by atoms with E-state index in [0.29, 0.717) is 22.9 Å². The van der Waals surface area contributed by atoms with E-state index in [2.05, 4.69) is 46.3 Å². The summed E-state index contributed by atoms with van der Waals surface area (Å²) in [5.74, 6) is 1.68. The van der Waals surface area contributed by atoms with Crippen molar-refractivity contribution in [2.45, 2.75) is 36.9 Å². The van der Waals surface area contributed by atoms with Gasteiger partial charge < -0.3 is 9.32 Å². The van der Waals surface area contributed by atoms with Gasteiger partial charge in [0.1, 0.15) is 0 Å². The molecule has 0 radical (unpaired) electrons. The average Bonchev–Trinajstić information content (AvgIpc) is 3.44. The van der Waals surface area contributed by atoms with Crippen molar-refractivity contribution in [3.05, 3.63) is 41.8 Å². The highest BCUT2D eigenvalue weighted by Gasteiger charge is 2.30. The normalized spacial score (nSPS) is 19.5. The molecule has 0 unspecified atom stereocenters. The van der Waals surface area contributed by atoms with E-state index in [1.54, 1.807) is 0 Å². The third kappa shape index (κ3) is 4.10. The molecule has 1 saturated carbocycles. The topological polar surface area (TPSA) is 62.5 Å². The monoisotopic (exact) mass is 372 g/mol. The van der Waals surface area contributed by atoms with Gasteiger partial charge in [0, 0.05) is 38.1 Å². The van der Waals surface area contributed by atoms with Gasteiger partial charge in [-0.15, -0.1) is 10.2 Å². The largest absolute Gasteiger partial charge is 0.416 e. The predicted octanol–water partition coefficient (Wildman–Crippen LogP) is 2.94. The lowest BCUT2D eigenvalue weighted by molar-refractivity contribution is -0.130. The van der Waals surface area contributed by atoms with E-state index in [-0.39, 0.29) is 5.91 Å². The zero-order valence-corrected chi connectivity index (χ0v) is 15.8. The molecule has 1 aromatic heterocycles. The molecule has 6 nitrogen and oxygen atoms in total. The predicted molar refractivity (Wildman–Crippen MR) is 100 cm³/mol. The van der Waals surface area contributed by atoms with Crippen LogP contribution < -0.4 is 0 Å². The Kier molecular flexibility index (Phi) is 5.26. The van der Waals surface area contributed by atoms with Crippen LogP contribution in [0.3, 0.4) is 0 Å². The highest BCUT2D eigenvalue weighted by molar-refractivity contribution is 7.99. The Hall–Kier alpha value is -1.86. The Bertz CT molecular complexity index is 739. The maximum absolute atomic E-state index is 12.5. The first-order valence-corrected chi connectivity index (χ1v) is 10.2. The minimum atomic E-state index is 0.146. The lowest BCUT2D eigenvalue weighted by Gasteiger charge is -2.38. The summed E-state index contributed by atoms with van der Waals surface area (Å²) in [6.07, 6.45) is 2.27. The van der Waals surface area contributed by atoms with Gasteiger partial charge in [0.05, 0.1) is 5.75 Å². The van der Waals surface area contributed by atoms with Gasteiger partial charge in [0.15, 0.2) is 0 Å². The second-order valence-electron chi connectivity index (χ2n) is 6.97. The van der Waals surface area contributed by atoms with Crippen LogP contribution in [0.25, 0.3) is 0 Å². The van der Waals surface area contributed by atoms with Crippen molar-refractivity contribution in [3.8, 4) is 0 Å². The number of aromatic nitrogens is 2. The fraction of sp³-hybridized carbons (Fsp3) is 0.526. The Morgan fingerprint density at radius 3 is 2.62 bits per heavy atom. The molecule has 1 aliphatic heterocycles. The summed E-state index contributed by atoms with van der Waals surface area (Å²) in [5, 5.41) is 8.60. The van der Waals surface area contributed by atoms with Crippen LogP contribution in [0.1, 0.15) is 43.2 Å². The van der Waals surface area contributed by atoms with Crippen LogP contribution in [-0.4, -0.2) is 57.8 Å². The number of benzene rings is 1. The van der Waals surface area contributed by atoms with Crippen molar-refractivity contribution in [1.29, 1.82) is 0 Å². The van der Waals surface area contributed by atoms with E-state index >= 15 is 0 Å². The fourth-order valence-corrected chi connectivity index (χ4v) is 3.96. The van der Waals surface area contributed by atoms with Gasteiger partial charge in [-0.3, -0.25) is 9.69 Å². The highest BCUT2D eigenvalue weighted by atomic mass is 32.2. The third-order valence-corrected chi connectivity index (χ3v) is 5.97. The lowest BCUT2D eigenvalue weighted by atomic mass is 10.1. The highest BCUT2D eigenvalue weighted by Crippen LogP contribution is 2.39. The summed E-state index contributed by atoms with van der Waals surface area (Å²) in [6.45, 7) is 5.58. The van der Waals surface area contributed by atoms with E-state index in [1.807, 2.05) is 11.0 Å². The maximum atomic E-state index is 12.5. The van der Waals surface area contributed by atoms with E-state index < -0.39 is 0 Å². The molecule has 1 saturated heterocycles. The molecular weight excluding hydrogens is 348 g/mol. The zero-order valence-electron chi connectivity index (χ0n) is 15.0. The van der Waals surface area contributed by atoms with Gasteiger partial charge in [-0.25, -0.2) is 0 Å². The molecule has 2 aromatic rings. The standard InChI is InChI=1S/C19H24N4O2S/c1-14(15-5-3-2-4-6-15)22-9-11-23(12-10-22)17(24)13-26-19-21-20-18(25-19)16-7-8-16/h2-6,14,16H,7-13H2,1H3/t14-/m1/s1. The Morgan fingerprint density at radius 1 is 1.19 bits per heavy atom. The van der Waals surface area contributed by atoms with Crippen molar-refractivity contribution in [2.75, 3.05) is 31.9 Å². The van der Waals surface area contributed by atoms with Crippen LogP contribution in [-0.2, 0) is 4.79 Å². The number of piperazine rings is 1. The number of nitrogens with zero attached hydrogens (tertiary/aromatic N) is 4. The number of rotatable bonds is 6. The van der Waals surface area contributed by atoms with Crippen LogP contribution in [0.2, 0.25) is 0 Å². The van der Waals surface area contributed by atoms with Crippen molar-refractivity contribution >= 4 is 17.7 Å². The maximum Gasteiger partial charge on any atom is 0.277 e. The molecule has 1 aromatic carbocycles. The Morgan fingerprint density at radius 2 is 1.92 bits per heavy atom. The summed E-state index contributed by atoms with van der Waals surface area (Å²) in [7, 11) is 0. The van der Waals surface area contributed by atoms with Gasteiger partial charge in [-0.1, -0.05) is 42.1 Å². The van der Waals surface area contributed by atoms with E-state index in [1.165, 1.54) is 17.3 Å². The average molecular weight is 372 g/mol. The van der Waals surface area contributed by atoms with Crippen molar-refractivity contribution < 1.29 is 9.21 Å². The quantitative estimate of drug-likeness (QED) is 0.727. The third-order valence-electron chi connectivity index (χ3n) is 5.16. The SMILES string of the molecule is C[C@H](c1ccccc1)N1CCN(C(=O)CSc2nnc(C3CC3)o2)CC1. The molecule has 7 heteroatoms. The molecule has 0 spiro atoms. The Balaban J connectivity index is 1.24. The minimum absolute atomic E-state index is 0.146.